The topological polar surface area (TPSA) is 148 Å². The first-order chi connectivity index (χ1) is 12.5. The number of aliphatic hydroxyl groups excluding tert-OH is 4. The third-order valence-corrected chi connectivity index (χ3v) is 4.25. The largest absolute Gasteiger partial charge is 0.391 e. The fraction of sp³-hybridized carbons (Fsp3) is 0.778. The van der Waals surface area contributed by atoms with Gasteiger partial charge in [-0.2, -0.15) is 0 Å². The first-order valence-corrected chi connectivity index (χ1v) is 8.98. The van der Waals surface area contributed by atoms with Gasteiger partial charge in [-0.25, -0.2) is 0 Å². The van der Waals surface area contributed by atoms with Gasteiger partial charge in [0, 0.05) is 13.7 Å². The summed E-state index contributed by atoms with van der Waals surface area (Å²) < 4.78 is 4.98. The number of allylic oxidation sites excluding steroid dienone is 1. The van der Waals surface area contributed by atoms with Crippen LogP contribution >= 0.6 is 0 Å². The van der Waals surface area contributed by atoms with Crippen molar-refractivity contribution in [3.05, 3.63) is 12.2 Å². The van der Waals surface area contributed by atoms with E-state index in [1.807, 2.05) is 20.8 Å². The molecule has 0 aliphatic carbocycles. The van der Waals surface area contributed by atoms with Gasteiger partial charge < -0.3 is 35.8 Å². The highest BCUT2D eigenvalue weighted by Gasteiger charge is 2.37. The van der Waals surface area contributed by atoms with E-state index < -0.39 is 48.4 Å². The lowest BCUT2D eigenvalue weighted by atomic mass is 9.94. The average Bonchev–Trinajstić information content (AvgIpc) is 2.74. The maximum absolute atomic E-state index is 12.4. The molecule has 9 heteroatoms. The minimum absolute atomic E-state index is 0.104. The third-order valence-electron chi connectivity index (χ3n) is 4.25. The van der Waals surface area contributed by atoms with Crippen molar-refractivity contribution in [3.8, 4) is 0 Å². The van der Waals surface area contributed by atoms with Gasteiger partial charge in [0.2, 0.25) is 5.91 Å². The third kappa shape index (κ3) is 7.55. The predicted octanol–water partition coefficient (Wildman–Crippen LogP) is -1.56. The number of hydrogen-bond acceptors (Lipinski definition) is 7. The molecular weight excluding hydrogens is 356 g/mol. The SMILES string of the molecule is CO[C@@H](C(=O)N[C@@H]1CC[C@@H](O)CNC1=O)[C@@H](O)[C@H](O)[C@H](O)/C=C/C(C)(C)C. The molecule has 0 unspecified atom stereocenters. The van der Waals surface area contributed by atoms with Crippen molar-refractivity contribution in [2.75, 3.05) is 13.7 Å². The molecule has 1 aliphatic heterocycles. The fourth-order valence-corrected chi connectivity index (χ4v) is 2.61. The number of nitrogens with one attached hydrogen (secondary N) is 2. The molecule has 0 spiro atoms. The zero-order valence-corrected chi connectivity index (χ0v) is 16.3. The minimum Gasteiger partial charge on any atom is -0.391 e. The van der Waals surface area contributed by atoms with Crippen LogP contribution in [0.4, 0.5) is 0 Å². The van der Waals surface area contributed by atoms with E-state index in [0.29, 0.717) is 6.42 Å². The monoisotopic (exact) mass is 388 g/mol. The van der Waals surface area contributed by atoms with Crippen molar-refractivity contribution in [3.63, 3.8) is 0 Å². The summed E-state index contributed by atoms with van der Waals surface area (Å²) in [4.78, 5) is 24.4. The van der Waals surface area contributed by atoms with Gasteiger partial charge in [0.05, 0.1) is 6.10 Å². The Morgan fingerprint density at radius 1 is 1.26 bits per heavy atom. The van der Waals surface area contributed by atoms with E-state index in [1.165, 1.54) is 13.2 Å². The van der Waals surface area contributed by atoms with Crippen LogP contribution in [0.1, 0.15) is 33.6 Å². The van der Waals surface area contributed by atoms with Crippen molar-refractivity contribution in [2.45, 2.75) is 70.2 Å². The number of aliphatic hydroxyl groups is 4. The Kier molecular flexibility index (Phi) is 8.83. The summed E-state index contributed by atoms with van der Waals surface area (Å²) in [5.41, 5.74) is -0.235. The van der Waals surface area contributed by atoms with Crippen LogP contribution in [0.5, 0.6) is 0 Å². The number of carbonyl (C=O) groups is 2. The van der Waals surface area contributed by atoms with Crippen LogP contribution in [-0.4, -0.2) is 82.5 Å². The van der Waals surface area contributed by atoms with Gasteiger partial charge in [0.1, 0.15) is 24.4 Å². The van der Waals surface area contributed by atoms with E-state index in [4.69, 9.17) is 4.74 Å². The Bertz CT molecular complexity index is 532. The van der Waals surface area contributed by atoms with E-state index in [9.17, 15) is 30.0 Å². The van der Waals surface area contributed by atoms with Crippen LogP contribution in [0.15, 0.2) is 12.2 Å². The predicted molar refractivity (Wildman–Crippen MR) is 97.6 cm³/mol. The van der Waals surface area contributed by atoms with Crippen LogP contribution < -0.4 is 10.6 Å². The molecule has 2 amide bonds. The fourth-order valence-electron chi connectivity index (χ4n) is 2.61. The zero-order valence-electron chi connectivity index (χ0n) is 16.3. The standard InChI is InChI=1S/C18H32N2O7/c1-18(2,3)8-7-12(22)13(23)14(24)15(27-4)17(26)20-11-6-5-10(21)9-19-16(11)25/h7-8,10-15,21-24H,5-6,9H2,1-4H3,(H,19,25)(H,20,26)/b8-7+/t10-,11-,12-,13-,14+,15-/m1/s1. The molecule has 6 N–H and O–H groups in total. The van der Waals surface area contributed by atoms with E-state index in [1.54, 1.807) is 6.08 Å². The lowest BCUT2D eigenvalue weighted by Gasteiger charge is -2.28. The molecule has 0 aromatic heterocycles. The van der Waals surface area contributed by atoms with Crippen LogP contribution in [0.25, 0.3) is 0 Å². The molecule has 1 saturated heterocycles. The highest BCUT2D eigenvalue weighted by molar-refractivity contribution is 5.89. The summed E-state index contributed by atoms with van der Waals surface area (Å²) in [6, 6.07) is -0.887. The quantitative estimate of drug-likeness (QED) is 0.289. The van der Waals surface area contributed by atoms with Gasteiger partial charge in [0.25, 0.3) is 5.91 Å². The molecule has 0 aromatic rings. The number of methoxy groups -OCH3 is 1. The van der Waals surface area contributed by atoms with Crippen molar-refractivity contribution in [1.29, 1.82) is 0 Å². The van der Waals surface area contributed by atoms with Crippen molar-refractivity contribution >= 4 is 11.8 Å². The smallest absolute Gasteiger partial charge is 0.252 e. The molecule has 0 bridgehead atoms. The van der Waals surface area contributed by atoms with Crippen LogP contribution in [0.2, 0.25) is 0 Å². The lowest BCUT2D eigenvalue weighted by molar-refractivity contribution is -0.150. The number of β-amino-alcohol motifs (C(OH)–C–C–N with tert-alkyl or cyclic N) is 1. The normalized spacial score (nSPS) is 26.0. The van der Waals surface area contributed by atoms with Gasteiger partial charge in [-0.3, -0.25) is 9.59 Å². The van der Waals surface area contributed by atoms with Gasteiger partial charge in [-0.05, 0) is 18.3 Å². The molecule has 27 heavy (non-hydrogen) atoms. The average molecular weight is 388 g/mol. The summed E-state index contributed by atoms with van der Waals surface area (Å²) >= 11 is 0. The second kappa shape index (κ2) is 10.1. The maximum Gasteiger partial charge on any atom is 0.252 e. The second-order valence-corrected chi connectivity index (χ2v) is 7.89. The van der Waals surface area contributed by atoms with E-state index in [-0.39, 0.29) is 18.4 Å². The summed E-state index contributed by atoms with van der Waals surface area (Å²) in [5, 5.41) is 45.0. The van der Waals surface area contributed by atoms with Crippen molar-refractivity contribution in [1.82, 2.24) is 10.6 Å². The number of hydrogen-bond donors (Lipinski definition) is 6. The van der Waals surface area contributed by atoms with Crippen LogP contribution in [-0.2, 0) is 14.3 Å². The first kappa shape index (κ1) is 23.5. The van der Waals surface area contributed by atoms with E-state index >= 15 is 0 Å². The molecule has 1 aliphatic rings. The Morgan fingerprint density at radius 3 is 2.44 bits per heavy atom. The summed E-state index contributed by atoms with van der Waals surface area (Å²) in [5.74, 6) is -1.24. The number of amides is 2. The van der Waals surface area contributed by atoms with Gasteiger partial charge in [-0.1, -0.05) is 32.9 Å². The van der Waals surface area contributed by atoms with Crippen molar-refractivity contribution < 1.29 is 34.8 Å². The molecule has 0 saturated carbocycles. The van der Waals surface area contributed by atoms with Crippen LogP contribution in [0.3, 0.4) is 0 Å². The summed E-state index contributed by atoms with van der Waals surface area (Å²) in [6.07, 6.45) is -3.38. The van der Waals surface area contributed by atoms with Crippen LogP contribution in [0, 0.1) is 5.41 Å². The van der Waals surface area contributed by atoms with Gasteiger partial charge in [-0.15, -0.1) is 0 Å². The highest BCUT2D eigenvalue weighted by Crippen LogP contribution is 2.17. The first-order valence-electron chi connectivity index (χ1n) is 8.98. The number of carbonyl (C=O) groups excluding carboxylic acids is 2. The highest BCUT2D eigenvalue weighted by atomic mass is 16.5. The zero-order chi connectivity index (χ0) is 20.8. The molecule has 1 rings (SSSR count). The second-order valence-electron chi connectivity index (χ2n) is 7.89. The minimum atomic E-state index is -1.71. The number of ether oxygens (including phenoxy) is 1. The van der Waals surface area contributed by atoms with E-state index in [0.717, 1.165) is 0 Å². The molecule has 1 fully saturated rings. The van der Waals surface area contributed by atoms with Crippen molar-refractivity contribution in [2.24, 2.45) is 5.41 Å². The maximum atomic E-state index is 12.4. The molecule has 156 valence electrons. The Hall–Kier alpha value is -1.52. The summed E-state index contributed by atoms with van der Waals surface area (Å²) in [7, 11) is 1.18. The molecule has 1 heterocycles. The molecule has 0 radical (unpaired) electrons. The molecular formula is C18H32N2O7. The summed E-state index contributed by atoms with van der Waals surface area (Å²) in [6.45, 7) is 5.81. The molecule has 0 aromatic carbocycles. The Morgan fingerprint density at radius 2 is 1.89 bits per heavy atom. The van der Waals surface area contributed by atoms with Gasteiger partial charge >= 0.3 is 0 Å². The molecule has 9 nitrogen and oxygen atoms in total. The number of rotatable bonds is 7. The van der Waals surface area contributed by atoms with E-state index in [2.05, 4.69) is 10.6 Å². The molecule has 6 atom stereocenters. The lowest BCUT2D eigenvalue weighted by Crippen LogP contribution is -2.55. The Balaban J connectivity index is 2.75. The van der Waals surface area contributed by atoms with Gasteiger partial charge in [0.15, 0.2) is 6.10 Å². The Labute approximate surface area is 159 Å².